The van der Waals surface area contributed by atoms with Gasteiger partial charge in [0.2, 0.25) is 5.89 Å². The average Bonchev–Trinajstić information content (AvgIpc) is 3.44. The van der Waals surface area contributed by atoms with Crippen LogP contribution in [0.25, 0.3) is 22.7 Å². The molecular formula is C29H25FN3NaO7. The number of barbiturate groups is 1. The zero-order valence-corrected chi connectivity index (χ0v) is 24.3. The molecule has 0 atom stereocenters. The van der Waals surface area contributed by atoms with Crippen LogP contribution in [-0.2, 0) is 14.3 Å². The smallest absolute Gasteiger partial charge is 1.00 e. The maximum absolute atomic E-state index is 13.5. The van der Waals surface area contributed by atoms with E-state index >= 15 is 0 Å². The fourth-order valence-corrected chi connectivity index (χ4v) is 4.04. The number of benzene rings is 3. The molecule has 41 heavy (non-hydrogen) atoms. The second kappa shape index (κ2) is 13.1. The summed E-state index contributed by atoms with van der Waals surface area (Å²) in [6.45, 7) is 2.24. The molecule has 0 bridgehead atoms. The fraction of sp³-hybridized carbons (Fsp3) is 0.172. The Morgan fingerprint density at radius 3 is 2.17 bits per heavy atom. The van der Waals surface area contributed by atoms with E-state index in [4.69, 9.17) is 18.6 Å². The quantitative estimate of drug-likeness (QED) is 0.169. The first-order valence-corrected chi connectivity index (χ1v) is 12.4. The van der Waals surface area contributed by atoms with Crippen LogP contribution in [-0.4, -0.2) is 41.6 Å². The third-order valence-electron chi connectivity index (χ3n) is 6.07. The molecule has 4 aromatic rings. The van der Waals surface area contributed by atoms with Crippen molar-refractivity contribution in [3.05, 3.63) is 84.9 Å². The van der Waals surface area contributed by atoms with Crippen molar-refractivity contribution in [3.8, 4) is 40.0 Å². The van der Waals surface area contributed by atoms with E-state index in [0.717, 1.165) is 0 Å². The molecule has 3 aromatic carbocycles. The summed E-state index contributed by atoms with van der Waals surface area (Å²) in [6, 6.07) is 18.5. The molecule has 2 heterocycles. The number of hydrogen-bond acceptors (Lipinski definition) is 8. The van der Waals surface area contributed by atoms with Gasteiger partial charge in [-0.25, -0.2) is 14.2 Å². The van der Waals surface area contributed by atoms with Crippen LogP contribution in [0.1, 0.15) is 14.8 Å². The number of imide groups is 2. The van der Waals surface area contributed by atoms with E-state index in [9.17, 15) is 18.8 Å². The summed E-state index contributed by atoms with van der Waals surface area (Å²) in [5.41, 5.74) is -0.124. The molecular weight excluding hydrogens is 544 g/mol. The monoisotopic (exact) mass is 569 g/mol. The van der Waals surface area contributed by atoms with Gasteiger partial charge < -0.3 is 20.1 Å². The number of aromatic nitrogens is 1. The van der Waals surface area contributed by atoms with Gasteiger partial charge in [-0.15, -0.1) is 0 Å². The molecule has 1 saturated heterocycles. The van der Waals surface area contributed by atoms with Crippen LogP contribution < -0.4 is 49.7 Å². The van der Waals surface area contributed by atoms with Gasteiger partial charge in [0.15, 0.2) is 0 Å². The number of nitrogens with one attached hydrogen (secondary N) is 2. The number of carbonyl (C=O) groups excluding carboxylic acids is 3. The van der Waals surface area contributed by atoms with E-state index in [2.05, 4.69) is 15.6 Å². The number of hydrogen-bond donors (Lipinski definition) is 2. The number of oxazole rings is 1. The van der Waals surface area contributed by atoms with E-state index in [1.807, 2.05) is 0 Å². The largest absolute Gasteiger partial charge is 1.00 e. The van der Waals surface area contributed by atoms with Crippen molar-refractivity contribution in [2.75, 3.05) is 13.2 Å². The Morgan fingerprint density at radius 2 is 1.54 bits per heavy atom. The number of ether oxygens (including phenoxy) is 3. The van der Waals surface area contributed by atoms with Crippen LogP contribution in [0.3, 0.4) is 0 Å². The summed E-state index contributed by atoms with van der Waals surface area (Å²) in [4.78, 5) is 41.3. The van der Waals surface area contributed by atoms with Crippen molar-refractivity contribution in [2.24, 2.45) is 0 Å². The molecule has 1 aromatic heterocycles. The zero-order valence-electron chi connectivity index (χ0n) is 23.3. The van der Waals surface area contributed by atoms with Crippen LogP contribution in [0.15, 0.2) is 83.5 Å². The molecule has 0 radical (unpaired) electrons. The van der Waals surface area contributed by atoms with E-state index in [1.165, 1.54) is 18.4 Å². The third-order valence-corrected chi connectivity index (χ3v) is 6.07. The van der Waals surface area contributed by atoms with Crippen molar-refractivity contribution in [1.82, 2.24) is 15.6 Å². The van der Waals surface area contributed by atoms with Gasteiger partial charge in [-0.2, -0.15) is 0 Å². The van der Waals surface area contributed by atoms with E-state index in [-0.39, 0.29) is 55.6 Å². The van der Waals surface area contributed by atoms with Crippen LogP contribution in [0, 0.1) is 5.82 Å². The topological polar surface area (TPSA) is 129 Å². The van der Waals surface area contributed by atoms with Crippen LogP contribution >= 0.6 is 0 Å². The van der Waals surface area contributed by atoms with Gasteiger partial charge in [-0.3, -0.25) is 20.2 Å². The minimum Gasteiger partial charge on any atom is -1.00 e. The molecule has 206 valence electrons. The maximum atomic E-state index is 13.5. The van der Waals surface area contributed by atoms with Crippen molar-refractivity contribution in [1.29, 1.82) is 0 Å². The Hall–Kier alpha value is -4.03. The summed E-state index contributed by atoms with van der Waals surface area (Å²) >= 11 is 0. The SMILES string of the molecule is CCOCCC1(Oc2ccc(Oc3ccc(-c4nc(-c5cccc(F)c5)co4)cc3)cc2)C(=O)NC(=O)NC1=O.[H-].[Na+]. The molecule has 5 rings (SSSR count). The first-order valence-electron chi connectivity index (χ1n) is 12.4. The predicted molar refractivity (Wildman–Crippen MR) is 141 cm³/mol. The Balaban J connectivity index is 0.00000242. The Kier molecular flexibility index (Phi) is 9.56. The fourth-order valence-electron chi connectivity index (χ4n) is 4.04. The molecule has 4 amide bonds. The van der Waals surface area contributed by atoms with E-state index in [0.29, 0.717) is 40.8 Å². The molecule has 10 nitrogen and oxygen atoms in total. The van der Waals surface area contributed by atoms with Gasteiger partial charge in [0, 0.05) is 24.2 Å². The molecule has 1 aliphatic rings. The first kappa shape index (κ1) is 29.9. The Labute approximate surface area is 258 Å². The first-order chi connectivity index (χ1) is 19.4. The molecule has 0 unspecified atom stereocenters. The van der Waals surface area contributed by atoms with Crippen molar-refractivity contribution in [2.45, 2.75) is 18.9 Å². The summed E-state index contributed by atoms with van der Waals surface area (Å²) < 4.78 is 36.1. The number of rotatable bonds is 10. The molecule has 1 fully saturated rings. The summed E-state index contributed by atoms with van der Waals surface area (Å²) in [5, 5.41) is 4.16. The van der Waals surface area contributed by atoms with Crippen molar-refractivity contribution < 1.29 is 68.4 Å². The number of nitrogens with zero attached hydrogens (tertiary/aromatic N) is 1. The molecule has 0 spiro atoms. The molecule has 2 N–H and O–H groups in total. The second-order valence-electron chi connectivity index (χ2n) is 8.76. The van der Waals surface area contributed by atoms with Gasteiger partial charge in [0.25, 0.3) is 17.4 Å². The molecule has 0 saturated carbocycles. The minimum absolute atomic E-state index is 0. The minimum atomic E-state index is -1.96. The van der Waals surface area contributed by atoms with Crippen molar-refractivity contribution in [3.63, 3.8) is 0 Å². The summed E-state index contributed by atoms with van der Waals surface area (Å²) in [7, 11) is 0. The zero-order chi connectivity index (χ0) is 28.1. The summed E-state index contributed by atoms with van der Waals surface area (Å²) in [5.74, 6) is -0.482. The number of amides is 4. The normalized spacial score (nSPS) is 14.0. The number of urea groups is 1. The van der Waals surface area contributed by atoms with Gasteiger partial charge in [0.05, 0.1) is 6.61 Å². The number of halogens is 1. The number of carbonyl (C=O) groups is 3. The van der Waals surface area contributed by atoms with Gasteiger partial charge in [-0.1, -0.05) is 12.1 Å². The van der Waals surface area contributed by atoms with Crippen LogP contribution in [0.4, 0.5) is 9.18 Å². The van der Waals surface area contributed by atoms with Gasteiger partial charge in [-0.05, 0) is 67.6 Å². The average molecular weight is 570 g/mol. The van der Waals surface area contributed by atoms with Crippen LogP contribution in [0.2, 0.25) is 0 Å². The van der Waals surface area contributed by atoms with Gasteiger partial charge >= 0.3 is 35.6 Å². The van der Waals surface area contributed by atoms with E-state index in [1.54, 1.807) is 67.6 Å². The molecule has 12 heteroatoms. The Morgan fingerprint density at radius 1 is 0.902 bits per heavy atom. The Bertz CT molecular complexity index is 1530. The second-order valence-corrected chi connectivity index (χ2v) is 8.76. The van der Waals surface area contributed by atoms with Gasteiger partial charge in [0.1, 0.15) is 35.0 Å². The maximum Gasteiger partial charge on any atom is 1.00 e. The van der Waals surface area contributed by atoms with Crippen molar-refractivity contribution >= 4 is 17.8 Å². The van der Waals surface area contributed by atoms with Crippen LogP contribution in [0.5, 0.6) is 17.2 Å². The third kappa shape index (κ3) is 6.83. The standard InChI is InChI=1S/C29H24FN3O7.Na.H/c1-2-37-15-14-29(26(34)32-28(36)33-27(29)35)40-23-12-10-22(11-13-23)39-21-8-6-18(7-9-21)25-31-24(17-38-25)19-4-3-5-20(30)16-19;;/h3-13,16-17H,2,14-15H2,1H3,(H2,32,33,34,35,36);;/q;+1;-1. The van der Waals surface area contributed by atoms with E-state index < -0.39 is 23.4 Å². The summed E-state index contributed by atoms with van der Waals surface area (Å²) in [6.07, 6.45) is 1.38. The molecule has 0 aliphatic carbocycles. The molecule has 1 aliphatic heterocycles. The predicted octanol–water partition coefficient (Wildman–Crippen LogP) is 1.97.